The number of sulfone groups is 1. The first kappa shape index (κ1) is 13.4. The summed E-state index contributed by atoms with van der Waals surface area (Å²) in [7, 11) is -2.23. The van der Waals surface area contributed by atoms with E-state index in [9.17, 15) is 13.2 Å². The molecular weight excluding hydrogens is 206 g/mol. The number of esters is 1. The van der Waals surface area contributed by atoms with Crippen LogP contribution in [-0.4, -0.2) is 39.0 Å². The normalized spacial score (nSPS) is 13.6. The second kappa shape index (κ2) is 5.98. The van der Waals surface area contributed by atoms with E-state index in [1.165, 1.54) is 7.11 Å². The molecule has 0 aliphatic heterocycles. The predicted octanol–water partition coefficient (Wildman–Crippen LogP) is -0.298. The Morgan fingerprint density at radius 3 is 2.43 bits per heavy atom. The van der Waals surface area contributed by atoms with Gasteiger partial charge in [0.1, 0.15) is 5.75 Å². The Morgan fingerprint density at radius 2 is 2.07 bits per heavy atom. The molecule has 6 heteroatoms. The summed E-state index contributed by atoms with van der Waals surface area (Å²) >= 11 is 0. The van der Waals surface area contributed by atoms with Crippen molar-refractivity contribution in [3.05, 3.63) is 0 Å². The minimum absolute atomic E-state index is 0.304. The largest absolute Gasteiger partial charge is 0.468 e. The Labute approximate surface area is 84.5 Å². The van der Waals surface area contributed by atoms with Crippen LogP contribution in [0.2, 0.25) is 0 Å². The summed E-state index contributed by atoms with van der Waals surface area (Å²) in [5.74, 6) is -1.28. The molecule has 0 saturated heterocycles. The summed E-state index contributed by atoms with van der Waals surface area (Å²) in [5.41, 5.74) is 5.28. The van der Waals surface area contributed by atoms with E-state index in [0.717, 1.165) is 0 Å². The lowest BCUT2D eigenvalue weighted by atomic mass is 10.2. The molecule has 1 atom stereocenters. The fourth-order valence-electron chi connectivity index (χ4n) is 1.16. The van der Waals surface area contributed by atoms with Crippen LogP contribution in [0.3, 0.4) is 0 Å². The summed E-state index contributed by atoms with van der Waals surface area (Å²) in [6.45, 7) is 2.06. The van der Waals surface area contributed by atoms with Gasteiger partial charge in [-0.2, -0.15) is 0 Å². The zero-order valence-electron chi connectivity index (χ0n) is 8.52. The highest BCUT2D eigenvalue weighted by Crippen LogP contribution is 2.10. The van der Waals surface area contributed by atoms with E-state index in [1.54, 1.807) is 6.92 Å². The molecule has 0 heterocycles. The molecule has 0 radical (unpaired) electrons. The van der Waals surface area contributed by atoms with E-state index in [1.807, 2.05) is 0 Å². The van der Waals surface area contributed by atoms with Gasteiger partial charge in [0.15, 0.2) is 9.84 Å². The molecule has 0 aliphatic carbocycles. The maximum absolute atomic E-state index is 11.6. The zero-order valence-corrected chi connectivity index (χ0v) is 9.34. The number of hydrogen-bond acceptors (Lipinski definition) is 5. The summed E-state index contributed by atoms with van der Waals surface area (Å²) in [6.07, 6.45) is 0.854. The second-order valence-electron chi connectivity index (χ2n) is 2.99. The smallest absolute Gasteiger partial charge is 0.320 e. The van der Waals surface area contributed by atoms with Gasteiger partial charge in [0.25, 0.3) is 0 Å². The molecule has 1 unspecified atom stereocenters. The van der Waals surface area contributed by atoms with E-state index in [-0.39, 0.29) is 0 Å². The second-order valence-corrected chi connectivity index (χ2v) is 5.27. The molecule has 0 aromatic rings. The van der Waals surface area contributed by atoms with Crippen molar-refractivity contribution in [3.63, 3.8) is 0 Å². The minimum atomic E-state index is -3.40. The fraction of sp³-hybridized carbons (Fsp3) is 0.875. The van der Waals surface area contributed by atoms with Crippen LogP contribution in [0.4, 0.5) is 0 Å². The first-order chi connectivity index (χ1) is 6.47. The molecule has 0 bridgehead atoms. The monoisotopic (exact) mass is 223 g/mol. The van der Waals surface area contributed by atoms with Crippen LogP contribution in [-0.2, 0) is 19.4 Å². The molecule has 84 valence electrons. The highest BCUT2D eigenvalue weighted by molar-refractivity contribution is 7.92. The van der Waals surface area contributed by atoms with E-state index < -0.39 is 26.8 Å². The topological polar surface area (TPSA) is 86.5 Å². The molecule has 0 aromatic carbocycles. The molecule has 0 saturated carbocycles. The summed E-state index contributed by atoms with van der Waals surface area (Å²) in [6, 6.07) is 0. The van der Waals surface area contributed by atoms with Gasteiger partial charge >= 0.3 is 5.97 Å². The van der Waals surface area contributed by atoms with Crippen LogP contribution in [0.25, 0.3) is 0 Å². The highest BCUT2D eigenvalue weighted by Gasteiger charge is 2.26. The van der Waals surface area contributed by atoms with Gasteiger partial charge in [-0.25, -0.2) is 8.42 Å². The van der Waals surface area contributed by atoms with Crippen molar-refractivity contribution >= 4 is 15.8 Å². The highest BCUT2D eigenvalue weighted by atomic mass is 32.2. The molecule has 14 heavy (non-hydrogen) atoms. The number of ether oxygens (including phenoxy) is 1. The average Bonchev–Trinajstić information content (AvgIpc) is 2.12. The van der Waals surface area contributed by atoms with Crippen molar-refractivity contribution < 1.29 is 17.9 Å². The standard InChI is InChI=1S/C8H17NO4S/c1-3-7(4-5-9)14(11,12)6-8(10)13-2/h7H,3-6,9H2,1-2H3. The van der Waals surface area contributed by atoms with Crippen LogP contribution in [0.1, 0.15) is 19.8 Å². The fourth-order valence-corrected chi connectivity index (χ4v) is 2.85. The Hall–Kier alpha value is -0.620. The maximum Gasteiger partial charge on any atom is 0.320 e. The van der Waals surface area contributed by atoms with E-state index >= 15 is 0 Å². The first-order valence-electron chi connectivity index (χ1n) is 4.46. The third-order valence-corrected chi connectivity index (χ3v) is 4.22. The summed E-state index contributed by atoms with van der Waals surface area (Å²) < 4.78 is 27.4. The van der Waals surface area contributed by atoms with Crippen molar-refractivity contribution in [3.8, 4) is 0 Å². The first-order valence-corrected chi connectivity index (χ1v) is 6.18. The van der Waals surface area contributed by atoms with Crippen LogP contribution in [0.5, 0.6) is 0 Å². The van der Waals surface area contributed by atoms with Crippen molar-refractivity contribution in [2.45, 2.75) is 25.0 Å². The van der Waals surface area contributed by atoms with Gasteiger partial charge in [-0.05, 0) is 19.4 Å². The van der Waals surface area contributed by atoms with Crippen molar-refractivity contribution in [2.24, 2.45) is 5.73 Å². The quantitative estimate of drug-likeness (QED) is 0.625. The van der Waals surface area contributed by atoms with Crippen molar-refractivity contribution in [1.29, 1.82) is 0 Å². The van der Waals surface area contributed by atoms with Crippen LogP contribution >= 0.6 is 0 Å². The number of rotatable bonds is 6. The van der Waals surface area contributed by atoms with Crippen LogP contribution in [0, 0.1) is 0 Å². The number of carbonyl (C=O) groups excluding carboxylic acids is 1. The van der Waals surface area contributed by atoms with Crippen LogP contribution in [0.15, 0.2) is 0 Å². The van der Waals surface area contributed by atoms with Crippen molar-refractivity contribution in [2.75, 3.05) is 19.4 Å². The Balaban J connectivity index is 4.49. The summed E-state index contributed by atoms with van der Waals surface area (Å²) in [5, 5.41) is -0.536. The summed E-state index contributed by atoms with van der Waals surface area (Å²) in [4.78, 5) is 10.8. The Bertz CT molecular complexity index is 273. The van der Waals surface area contributed by atoms with E-state index in [0.29, 0.717) is 19.4 Å². The Morgan fingerprint density at radius 1 is 1.50 bits per heavy atom. The van der Waals surface area contributed by atoms with Crippen LogP contribution < -0.4 is 5.73 Å². The zero-order chi connectivity index (χ0) is 11.2. The Kier molecular flexibility index (Phi) is 5.71. The molecule has 0 rings (SSSR count). The van der Waals surface area contributed by atoms with Gasteiger partial charge in [0, 0.05) is 0 Å². The maximum atomic E-state index is 11.6. The van der Waals surface area contributed by atoms with E-state index in [2.05, 4.69) is 4.74 Å². The SMILES string of the molecule is CCC(CCN)S(=O)(=O)CC(=O)OC. The molecule has 0 aliphatic rings. The number of methoxy groups -OCH3 is 1. The lowest BCUT2D eigenvalue weighted by molar-refractivity contribution is -0.137. The predicted molar refractivity (Wildman–Crippen MR) is 53.6 cm³/mol. The van der Waals surface area contributed by atoms with E-state index in [4.69, 9.17) is 5.73 Å². The number of nitrogens with two attached hydrogens (primary N) is 1. The van der Waals surface area contributed by atoms with Gasteiger partial charge < -0.3 is 10.5 Å². The molecule has 2 N–H and O–H groups in total. The van der Waals surface area contributed by atoms with Gasteiger partial charge in [0.2, 0.25) is 0 Å². The molecular formula is C8H17NO4S. The molecule has 5 nitrogen and oxygen atoms in total. The van der Waals surface area contributed by atoms with Gasteiger partial charge in [-0.3, -0.25) is 4.79 Å². The minimum Gasteiger partial charge on any atom is -0.468 e. The van der Waals surface area contributed by atoms with Gasteiger partial charge in [-0.1, -0.05) is 6.92 Å². The third-order valence-electron chi connectivity index (χ3n) is 2.00. The molecule has 0 aromatic heterocycles. The van der Waals surface area contributed by atoms with Crippen molar-refractivity contribution in [1.82, 2.24) is 0 Å². The lowest BCUT2D eigenvalue weighted by Gasteiger charge is -2.13. The number of carbonyl (C=O) groups is 1. The van der Waals surface area contributed by atoms with Gasteiger partial charge in [-0.15, -0.1) is 0 Å². The molecule has 0 amide bonds. The lowest BCUT2D eigenvalue weighted by Crippen LogP contribution is -2.30. The third kappa shape index (κ3) is 4.06. The van der Waals surface area contributed by atoms with Gasteiger partial charge in [0.05, 0.1) is 12.4 Å². The molecule has 0 fully saturated rings. The molecule has 0 spiro atoms. The average molecular weight is 223 g/mol. The number of hydrogen-bond donors (Lipinski definition) is 1.